The summed E-state index contributed by atoms with van der Waals surface area (Å²) < 4.78 is 0. The van der Waals surface area contributed by atoms with Crippen LogP contribution in [0.1, 0.15) is 6.42 Å². The van der Waals surface area contributed by atoms with Crippen molar-refractivity contribution in [3.8, 4) is 0 Å². The van der Waals surface area contributed by atoms with Gasteiger partial charge in [0.25, 0.3) is 0 Å². The molecule has 0 unspecified atom stereocenters. The Kier molecular flexibility index (Phi) is 33.2. The van der Waals surface area contributed by atoms with Crippen molar-refractivity contribution in [2.75, 3.05) is 39.3 Å². The normalized spacial score (nSPS) is 9.04. The van der Waals surface area contributed by atoms with Gasteiger partial charge in [-0.25, -0.2) is 0 Å². The maximum atomic E-state index is 10.4. The van der Waals surface area contributed by atoms with Crippen LogP contribution in [0.4, 0.5) is 0 Å². The molecule has 0 bridgehead atoms. The second kappa shape index (κ2) is 22.1. The summed E-state index contributed by atoms with van der Waals surface area (Å²) in [4.78, 5) is 43.8. The summed E-state index contributed by atoms with van der Waals surface area (Å²) in [6.45, 7) is -2.55. The zero-order valence-electron chi connectivity index (χ0n) is 15.1. The standard InChI is InChI=1S/C11H18N2O8.4Na/c14-8(15)4-12(5-9(16)17)2-1-3-13(6-10(18)19)7-11(20)21;;;;/h1-7H2,(H,14,15)(H,16,17)(H,18,19)(H,20,21);;;;/q;4*+1/p-4. The van der Waals surface area contributed by atoms with E-state index >= 15 is 0 Å². The summed E-state index contributed by atoms with van der Waals surface area (Å²) in [5.41, 5.74) is 0. The van der Waals surface area contributed by atoms with Crippen LogP contribution in [-0.4, -0.2) is 72.9 Å². The van der Waals surface area contributed by atoms with E-state index in [1.807, 2.05) is 0 Å². The molecule has 0 N–H and O–H groups in total. The number of carboxylic acids is 4. The predicted octanol–water partition coefficient (Wildman–Crippen LogP) is -19.0. The van der Waals surface area contributed by atoms with Crippen LogP contribution in [-0.2, 0) is 19.2 Å². The number of aliphatic carboxylic acids is 4. The monoisotopic (exact) mass is 394 g/mol. The van der Waals surface area contributed by atoms with Gasteiger partial charge in [-0.1, -0.05) is 0 Å². The predicted molar refractivity (Wildman–Crippen MR) is 57.5 cm³/mol. The topological polar surface area (TPSA) is 167 Å². The van der Waals surface area contributed by atoms with E-state index in [9.17, 15) is 39.6 Å². The molecular weight excluding hydrogens is 380 g/mol. The molecule has 0 aromatic heterocycles. The summed E-state index contributed by atoms with van der Waals surface area (Å²) in [7, 11) is 0. The van der Waals surface area contributed by atoms with Gasteiger partial charge in [0.05, 0.1) is 23.9 Å². The fraction of sp³-hybridized carbons (Fsp3) is 0.636. The number of rotatable bonds is 12. The Labute approximate surface area is 233 Å². The van der Waals surface area contributed by atoms with E-state index in [1.54, 1.807) is 0 Å². The molecule has 0 atom stereocenters. The summed E-state index contributed by atoms with van der Waals surface area (Å²) in [5, 5.41) is 41.7. The van der Waals surface area contributed by atoms with Crippen molar-refractivity contribution in [1.82, 2.24) is 9.80 Å². The van der Waals surface area contributed by atoms with Crippen molar-refractivity contribution in [3.05, 3.63) is 0 Å². The van der Waals surface area contributed by atoms with Gasteiger partial charge in [-0.15, -0.1) is 0 Å². The molecule has 0 heterocycles. The van der Waals surface area contributed by atoms with Gasteiger partial charge in [0.2, 0.25) is 0 Å². The third kappa shape index (κ3) is 25.8. The Morgan fingerprint density at radius 2 is 0.720 bits per heavy atom. The molecule has 0 aliphatic heterocycles. The quantitative estimate of drug-likeness (QED) is 0.290. The van der Waals surface area contributed by atoms with E-state index in [2.05, 4.69) is 0 Å². The average Bonchev–Trinajstić information content (AvgIpc) is 2.24. The van der Waals surface area contributed by atoms with Gasteiger partial charge in [0, 0.05) is 39.3 Å². The van der Waals surface area contributed by atoms with Gasteiger partial charge >= 0.3 is 118 Å². The Morgan fingerprint density at radius 3 is 0.880 bits per heavy atom. The van der Waals surface area contributed by atoms with Crippen molar-refractivity contribution < 1.29 is 158 Å². The average molecular weight is 394 g/mol. The van der Waals surface area contributed by atoms with E-state index in [0.717, 1.165) is 9.80 Å². The minimum Gasteiger partial charge on any atom is -0.549 e. The van der Waals surface area contributed by atoms with E-state index in [4.69, 9.17) is 0 Å². The first kappa shape index (κ1) is 37.5. The van der Waals surface area contributed by atoms with Gasteiger partial charge in [-0.3, -0.25) is 9.80 Å². The minimum atomic E-state index is -1.47. The first-order valence-corrected chi connectivity index (χ1v) is 5.94. The third-order valence-corrected chi connectivity index (χ3v) is 2.36. The number of nitrogens with zero attached hydrogens (tertiary/aromatic N) is 2. The molecule has 25 heavy (non-hydrogen) atoms. The van der Waals surface area contributed by atoms with E-state index < -0.39 is 50.1 Å². The van der Waals surface area contributed by atoms with Crippen molar-refractivity contribution in [2.45, 2.75) is 6.42 Å². The van der Waals surface area contributed by atoms with Crippen molar-refractivity contribution in [3.63, 3.8) is 0 Å². The molecule has 0 amide bonds. The number of hydrogen-bond acceptors (Lipinski definition) is 10. The minimum absolute atomic E-state index is 0. The fourth-order valence-electron chi connectivity index (χ4n) is 1.68. The van der Waals surface area contributed by atoms with Crippen LogP contribution in [0.5, 0.6) is 0 Å². The van der Waals surface area contributed by atoms with Gasteiger partial charge in [-0.2, -0.15) is 0 Å². The zero-order valence-corrected chi connectivity index (χ0v) is 23.1. The Bertz CT molecular complexity index is 346. The maximum absolute atomic E-state index is 10.4. The molecule has 0 radical (unpaired) electrons. The molecule has 0 saturated heterocycles. The fourth-order valence-corrected chi connectivity index (χ4v) is 1.68. The SMILES string of the molecule is O=C([O-])CN(CCCN(CC(=O)[O-])CC(=O)[O-])CC(=O)[O-].[Na+].[Na+].[Na+].[Na+]. The zero-order chi connectivity index (χ0) is 16.4. The van der Waals surface area contributed by atoms with E-state index in [1.165, 1.54) is 0 Å². The molecule has 0 aromatic rings. The first-order chi connectivity index (χ1) is 9.70. The van der Waals surface area contributed by atoms with Crippen LogP contribution in [0, 0.1) is 0 Å². The molecule has 0 aromatic carbocycles. The first-order valence-electron chi connectivity index (χ1n) is 5.94. The summed E-state index contributed by atoms with van der Waals surface area (Å²) in [6.07, 6.45) is 0.140. The molecule has 0 aliphatic rings. The third-order valence-electron chi connectivity index (χ3n) is 2.36. The summed E-state index contributed by atoms with van der Waals surface area (Å²) in [6, 6.07) is 0. The molecule has 0 spiro atoms. The number of carboxylic acid groups (broad SMARTS) is 4. The molecular formula is C11H14N2Na4O8. The van der Waals surface area contributed by atoms with Crippen molar-refractivity contribution in [2.24, 2.45) is 0 Å². The number of carbonyl (C=O) groups is 4. The molecule has 0 fully saturated rings. The smallest absolute Gasteiger partial charge is 0.549 e. The maximum Gasteiger partial charge on any atom is 1.00 e. The van der Waals surface area contributed by atoms with Crippen LogP contribution in [0.25, 0.3) is 0 Å². The second-order valence-corrected chi connectivity index (χ2v) is 4.26. The number of hydrogen-bond donors (Lipinski definition) is 0. The van der Waals surface area contributed by atoms with Crippen LogP contribution in [0.15, 0.2) is 0 Å². The Balaban J connectivity index is -0.000000333. The van der Waals surface area contributed by atoms with Crippen LogP contribution in [0.2, 0.25) is 0 Å². The molecule has 0 aliphatic carbocycles. The van der Waals surface area contributed by atoms with Gasteiger partial charge in [0.15, 0.2) is 0 Å². The van der Waals surface area contributed by atoms with Crippen LogP contribution >= 0.6 is 0 Å². The van der Waals surface area contributed by atoms with Crippen molar-refractivity contribution >= 4 is 23.9 Å². The Hall–Kier alpha value is 1.80. The van der Waals surface area contributed by atoms with Crippen LogP contribution in [0.3, 0.4) is 0 Å². The Morgan fingerprint density at radius 1 is 0.520 bits per heavy atom. The molecule has 10 nitrogen and oxygen atoms in total. The van der Waals surface area contributed by atoms with Crippen LogP contribution < -0.4 is 139 Å². The van der Waals surface area contributed by atoms with Gasteiger partial charge in [0.1, 0.15) is 0 Å². The number of carbonyl (C=O) groups excluding carboxylic acids is 4. The summed E-state index contributed by atoms with van der Waals surface area (Å²) >= 11 is 0. The second-order valence-electron chi connectivity index (χ2n) is 4.26. The van der Waals surface area contributed by atoms with Crippen molar-refractivity contribution in [1.29, 1.82) is 0 Å². The van der Waals surface area contributed by atoms with E-state index in [-0.39, 0.29) is 138 Å². The largest absolute Gasteiger partial charge is 1.00 e. The summed E-state index contributed by atoms with van der Waals surface area (Å²) in [5.74, 6) is -5.90. The van der Waals surface area contributed by atoms with Gasteiger partial charge in [-0.05, 0) is 6.42 Å². The van der Waals surface area contributed by atoms with Gasteiger partial charge < -0.3 is 39.6 Å². The molecule has 0 rings (SSSR count). The molecule has 0 saturated carbocycles. The molecule has 14 heteroatoms. The molecule has 120 valence electrons. The van der Waals surface area contributed by atoms with E-state index in [0.29, 0.717) is 0 Å².